The van der Waals surface area contributed by atoms with Gasteiger partial charge in [0.1, 0.15) is 50.3 Å². The van der Waals surface area contributed by atoms with Crippen LogP contribution in [0.3, 0.4) is 0 Å². The van der Waals surface area contributed by atoms with Gasteiger partial charge in [-0.15, -0.1) is 0 Å². The topological polar surface area (TPSA) is 365 Å². The third-order valence-corrected chi connectivity index (χ3v) is 26.7. The van der Waals surface area contributed by atoms with Crippen LogP contribution >= 0.6 is 11.8 Å². The average molecular weight is 1270 g/mol. The average Bonchev–Trinajstić information content (AvgIpc) is 1.05. The number of ether oxygens (including phenoxy) is 7. The van der Waals surface area contributed by atoms with Gasteiger partial charge in [-0.3, -0.25) is 9.59 Å². The molecule has 0 aromatic carbocycles. The Balaban J connectivity index is 0.000000824. The molecule has 0 radical (unpaired) electrons. The van der Waals surface area contributed by atoms with Gasteiger partial charge in [0.2, 0.25) is 11.7 Å². The molecule has 23 nitrogen and oxygen atoms in total. The molecule has 0 saturated carbocycles. The maximum Gasteiger partial charge on any atom is 0.315 e. The number of amides is 3. The fraction of sp³-hybridized carbons (Fsp3) is 0.952. The molecular weight excluding hydrogens is 1150 g/mol. The quantitative estimate of drug-likeness (QED) is 0.0526. The van der Waals surface area contributed by atoms with E-state index >= 15 is 0 Å². The third-order valence-electron chi connectivity index (χ3n) is 25.2. The first-order chi connectivity index (χ1) is 38.3. The van der Waals surface area contributed by atoms with Gasteiger partial charge in [-0.1, -0.05) is 41.0 Å². The number of thioether (sulfide) groups is 1. The lowest BCUT2D eigenvalue weighted by Crippen LogP contribution is -2.82. The second-order valence-corrected chi connectivity index (χ2v) is 32.5. The van der Waals surface area contributed by atoms with Crippen LogP contribution < -0.4 is 16.0 Å². The lowest BCUT2D eigenvalue weighted by Gasteiger charge is -2.68. The van der Waals surface area contributed by atoms with Crippen LogP contribution in [0.15, 0.2) is 0 Å². The first kappa shape index (κ1) is 77.4. The number of aliphatic hydroxyl groups is 9. The van der Waals surface area contributed by atoms with Crippen molar-refractivity contribution >= 4 is 29.7 Å². The number of rotatable bonds is 18. The number of fused-ring (bicyclic) bond motifs is 1. The molecule has 0 aliphatic carbocycles. The molecule has 6 saturated heterocycles. The van der Waals surface area contributed by atoms with Gasteiger partial charge < -0.3 is 101 Å². The highest BCUT2D eigenvalue weighted by Crippen LogP contribution is 2.62. The minimum absolute atomic E-state index is 0. The van der Waals surface area contributed by atoms with Crippen molar-refractivity contribution in [2.45, 2.75) is 312 Å². The number of carbonyl (C=O) groups is 3. The molecule has 6 aliphatic heterocycles. The Kier molecular flexibility index (Phi) is 21.1. The van der Waals surface area contributed by atoms with E-state index in [-0.39, 0.29) is 68.1 Å². The normalized spacial score (nSPS) is 48.6. The summed E-state index contributed by atoms with van der Waals surface area (Å²) in [5, 5.41) is 111. The smallest absolute Gasteiger partial charge is 0.315 e. The molecule has 0 bridgehead atoms. The van der Waals surface area contributed by atoms with E-state index < -0.39 is 137 Å². The van der Waals surface area contributed by atoms with Gasteiger partial charge in [-0.05, 0) is 143 Å². The Morgan fingerprint density at radius 3 is 1.63 bits per heavy atom. The van der Waals surface area contributed by atoms with E-state index in [0.29, 0.717) is 6.42 Å². The summed E-state index contributed by atoms with van der Waals surface area (Å²) in [6, 6.07) is 0.0180. The molecule has 0 aromatic heterocycles. The molecule has 3 amide bonds. The van der Waals surface area contributed by atoms with Gasteiger partial charge >= 0.3 is 12.0 Å². The zero-order valence-electron chi connectivity index (χ0n) is 57.3. The van der Waals surface area contributed by atoms with E-state index in [1.165, 1.54) is 48.5 Å². The molecule has 0 aromatic rings. The fourth-order valence-electron chi connectivity index (χ4n) is 15.2. The summed E-state index contributed by atoms with van der Waals surface area (Å²) in [5.41, 5.74) is -25.7. The number of aliphatic hydroxyl groups excluding tert-OH is 2. The molecule has 14 N–H and O–H groups in total. The Morgan fingerprint density at radius 1 is 0.598 bits per heavy atom. The summed E-state index contributed by atoms with van der Waals surface area (Å²) >= 11 is 1.81. The number of esters is 1. The Labute approximate surface area is 522 Å². The monoisotopic (exact) mass is 1270 g/mol. The van der Waals surface area contributed by atoms with Gasteiger partial charge in [0, 0.05) is 55.1 Å². The third kappa shape index (κ3) is 11.5. The summed E-state index contributed by atoms with van der Waals surface area (Å²) < 4.78 is 45.1. The summed E-state index contributed by atoms with van der Waals surface area (Å²) in [6.45, 7) is 40.3. The predicted octanol–water partition coefficient (Wildman–Crippen LogP) is 3.86. The van der Waals surface area contributed by atoms with Crippen molar-refractivity contribution in [1.29, 1.82) is 0 Å². The van der Waals surface area contributed by atoms with Gasteiger partial charge in [-0.25, -0.2) is 4.79 Å². The highest BCUT2D eigenvalue weighted by atomic mass is 32.2. The van der Waals surface area contributed by atoms with Crippen molar-refractivity contribution < 1.29 is 99.0 Å². The molecule has 0 spiro atoms. The van der Waals surface area contributed by atoms with E-state index in [1.54, 1.807) is 96.9 Å². The summed E-state index contributed by atoms with van der Waals surface area (Å²) in [6.07, 6.45) is 2.25. The lowest BCUT2D eigenvalue weighted by atomic mass is 9.52. The summed E-state index contributed by atoms with van der Waals surface area (Å²) in [4.78, 5) is 38.7. The van der Waals surface area contributed by atoms with Crippen LogP contribution in [0.1, 0.15) is 205 Å². The number of unbranched alkanes of at least 4 members (excludes halogenated alkanes) is 1. The van der Waals surface area contributed by atoms with Crippen LogP contribution in [0.25, 0.3) is 0 Å². The van der Waals surface area contributed by atoms with Gasteiger partial charge in [-0.2, -0.15) is 11.8 Å². The van der Waals surface area contributed by atoms with E-state index in [2.05, 4.69) is 16.0 Å². The number of hydrogen-bond acceptors (Lipinski definition) is 20. The number of nitrogens with one attached hydrogen (secondary N) is 3. The number of hydrogen-bond donors (Lipinski definition) is 12. The minimum atomic E-state index is -1.93. The molecule has 19 atom stereocenters. The van der Waals surface area contributed by atoms with Crippen molar-refractivity contribution in [2.75, 3.05) is 45.4 Å². The highest BCUT2D eigenvalue weighted by Gasteiger charge is 2.76. The molecule has 510 valence electrons. The van der Waals surface area contributed by atoms with Crippen molar-refractivity contribution in [3.05, 3.63) is 0 Å². The SMILES string of the molecule is CC(=O)NC1(C)[C@](C)(OC(=O)CCCCC2SC[C@@H]3NC(=O)N[C@H]23)OC(C)(CO)[C@H](C)[C@@]1(C)COCC[C@@]1(C)OC(C)(C)[C@@](C)(COC[C@]2(C)OC(C)(CO)[C@@](C)(O)[C@@](C)(O)C2(C)C)[C@](C)(O)C1(C)O.CC1(C)OC(C)(C)[C@@](C)(O)C(C)(O)C1(C)O.O. The predicted molar refractivity (Wildman–Crippen MR) is 328 cm³/mol. The largest absolute Gasteiger partial charge is 0.431 e. The number of urea groups is 1. The molecule has 6 fully saturated rings. The van der Waals surface area contributed by atoms with Crippen molar-refractivity contribution in [3.8, 4) is 0 Å². The van der Waals surface area contributed by atoms with Crippen molar-refractivity contribution in [3.63, 3.8) is 0 Å². The Hall–Kier alpha value is -2.08. The molecule has 6 heterocycles. The molecular formula is C63H117N3O20S. The molecule has 6 rings (SSSR count). The molecule has 24 heteroatoms. The van der Waals surface area contributed by atoms with E-state index in [0.717, 1.165) is 18.6 Å². The van der Waals surface area contributed by atoms with Crippen LogP contribution in [0.5, 0.6) is 0 Å². The maximum atomic E-state index is 13.8. The van der Waals surface area contributed by atoms with E-state index in [4.69, 9.17) is 33.2 Å². The van der Waals surface area contributed by atoms with Gasteiger partial charge in [0.25, 0.3) is 0 Å². The second kappa shape index (κ2) is 23.7. The van der Waals surface area contributed by atoms with Gasteiger partial charge in [0.05, 0.1) is 84.1 Å². The van der Waals surface area contributed by atoms with Crippen LogP contribution in [-0.2, 0) is 42.7 Å². The van der Waals surface area contributed by atoms with Crippen molar-refractivity contribution in [1.82, 2.24) is 16.0 Å². The summed E-state index contributed by atoms with van der Waals surface area (Å²) in [5.74, 6) is -2.38. The fourth-order valence-corrected chi connectivity index (χ4v) is 16.8. The molecule has 6 aliphatic rings. The van der Waals surface area contributed by atoms with E-state index in [9.17, 15) is 60.3 Å². The van der Waals surface area contributed by atoms with Crippen LogP contribution in [-0.4, -0.2) is 222 Å². The Morgan fingerprint density at radius 2 is 1.13 bits per heavy atom. The van der Waals surface area contributed by atoms with E-state index in [1.807, 2.05) is 39.5 Å². The lowest BCUT2D eigenvalue weighted by molar-refractivity contribution is -0.401. The van der Waals surface area contributed by atoms with Crippen LogP contribution in [0, 0.1) is 22.2 Å². The van der Waals surface area contributed by atoms with Crippen LogP contribution in [0.2, 0.25) is 0 Å². The number of carbonyl (C=O) groups excluding carboxylic acids is 3. The minimum Gasteiger partial charge on any atom is -0.431 e. The Bertz CT molecular complexity index is 2470. The van der Waals surface area contributed by atoms with Gasteiger partial charge in [0.15, 0.2) is 0 Å². The molecule has 87 heavy (non-hydrogen) atoms. The zero-order valence-corrected chi connectivity index (χ0v) is 58.1. The second-order valence-electron chi connectivity index (χ2n) is 31.3. The first-order valence-electron chi connectivity index (χ1n) is 30.7. The van der Waals surface area contributed by atoms with Crippen LogP contribution in [0.4, 0.5) is 4.79 Å². The standard InChI is InChI=1S/C51H91N3O15S.C12H24O4.H2O/c1-31-40(7,46(13,54-32(2)57)51(18,68-41(31,8)26-55)66-35(58)22-20-19-21-34-36-33(25-70-34)52-37(59)53-36)28-64-24-23-43(10)49(16,62)48(15,61)42(9,39(5,6)67-43)29-65-30-45(12)38(3,4)47(14,60)50(17,63)44(11,27-56)69-45;1-8(2)10(5,13)12(7,15)11(6,14)9(3,4)16-8;/h31,33-34,36,55-56,60-63H,19-30H2,1-18H3,(H,54,57)(H2,52,53,59);13-15H,1-7H3;1H2/t31-,33+,34?,36+,40-,41?,42-,43-,44?,45+,46?,47+,48+,49?,50-,51-;10-,11?,12?;/m11./s1. The molecule has 7 unspecified atom stereocenters. The highest BCUT2D eigenvalue weighted by molar-refractivity contribution is 8.00. The zero-order chi connectivity index (χ0) is 66.8. The summed E-state index contributed by atoms with van der Waals surface area (Å²) in [7, 11) is 0. The first-order valence-corrected chi connectivity index (χ1v) is 31.8. The maximum absolute atomic E-state index is 13.8. The van der Waals surface area contributed by atoms with Crippen molar-refractivity contribution in [2.24, 2.45) is 22.2 Å².